The van der Waals surface area contributed by atoms with Gasteiger partial charge in [-0.15, -0.1) is 0 Å². The maximum atomic E-state index is 11.7. The Morgan fingerprint density at radius 2 is 2.33 bits per heavy atom. The van der Waals surface area contributed by atoms with Crippen LogP contribution in [0, 0.1) is 0 Å². The van der Waals surface area contributed by atoms with Crippen molar-refractivity contribution < 1.29 is 9.53 Å². The van der Waals surface area contributed by atoms with Gasteiger partial charge in [-0.1, -0.05) is 0 Å². The molecule has 0 radical (unpaired) electrons. The molecule has 4 heteroatoms. The number of ketones is 1. The number of carbonyl (C=O) groups excluding carboxylic acids is 1. The molecule has 0 unspecified atom stereocenters. The Hall–Kier alpha value is -1.16. The average Bonchev–Trinajstić information content (AvgIpc) is 2.72. The Morgan fingerprint density at radius 3 is 3.00 bits per heavy atom. The Labute approximate surface area is 90.2 Å². The third-order valence-electron chi connectivity index (χ3n) is 2.20. The van der Waals surface area contributed by atoms with Crippen molar-refractivity contribution in [2.45, 2.75) is 33.2 Å². The smallest absolute Gasteiger partial charge is 0.180 e. The number of ether oxygens (including phenoxy) is 1. The van der Waals surface area contributed by atoms with E-state index in [9.17, 15) is 4.79 Å². The van der Waals surface area contributed by atoms with Crippen molar-refractivity contribution in [2.75, 3.05) is 13.2 Å². The Bertz CT molecular complexity index is 307. The highest BCUT2D eigenvalue weighted by Gasteiger charge is 2.10. The van der Waals surface area contributed by atoms with E-state index >= 15 is 0 Å². The standard InChI is InChI=1S/C11H18N2O2/c1-3-13-10(7-8-12-13)11(14)6-5-9-15-4-2/h7-8H,3-6,9H2,1-2H3. The van der Waals surface area contributed by atoms with E-state index in [2.05, 4.69) is 5.10 Å². The molecule has 4 nitrogen and oxygen atoms in total. The lowest BCUT2D eigenvalue weighted by atomic mass is 10.2. The number of nitrogens with zero attached hydrogens (tertiary/aromatic N) is 2. The fourth-order valence-corrected chi connectivity index (χ4v) is 1.43. The monoisotopic (exact) mass is 210 g/mol. The highest BCUT2D eigenvalue weighted by atomic mass is 16.5. The van der Waals surface area contributed by atoms with Gasteiger partial charge in [-0.2, -0.15) is 5.10 Å². The summed E-state index contributed by atoms with van der Waals surface area (Å²) in [6, 6.07) is 1.77. The second-order valence-corrected chi connectivity index (χ2v) is 3.26. The first-order valence-corrected chi connectivity index (χ1v) is 5.42. The topological polar surface area (TPSA) is 44.1 Å². The summed E-state index contributed by atoms with van der Waals surface area (Å²) in [6.07, 6.45) is 2.98. The predicted octanol–water partition coefficient (Wildman–Crippen LogP) is 1.90. The molecule has 0 spiro atoms. The van der Waals surface area contributed by atoms with Crippen molar-refractivity contribution >= 4 is 5.78 Å². The molecule has 0 fully saturated rings. The molecule has 0 aromatic carbocycles. The molecule has 84 valence electrons. The van der Waals surface area contributed by atoms with Crippen LogP contribution in [0.25, 0.3) is 0 Å². The number of Topliss-reactive ketones (excluding diaryl/α,β-unsaturated/α-hetero) is 1. The van der Waals surface area contributed by atoms with E-state index in [4.69, 9.17) is 4.74 Å². The van der Waals surface area contributed by atoms with E-state index in [1.807, 2.05) is 13.8 Å². The van der Waals surface area contributed by atoms with Crippen molar-refractivity contribution in [3.05, 3.63) is 18.0 Å². The quantitative estimate of drug-likeness (QED) is 0.510. The van der Waals surface area contributed by atoms with Gasteiger partial charge < -0.3 is 4.74 Å². The molecule has 1 aromatic rings. The Balaban J connectivity index is 2.40. The number of aryl methyl sites for hydroxylation is 1. The van der Waals surface area contributed by atoms with Gasteiger partial charge in [-0.25, -0.2) is 0 Å². The van der Waals surface area contributed by atoms with Crippen molar-refractivity contribution in [1.29, 1.82) is 0 Å². The maximum Gasteiger partial charge on any atom is 0.180 e. The molecule has 0 atom stereocenters. The Kier molecular flexibility index (Phi) is 5.04. The summed E-state index contributed by atoms with van der Waals surface area (Å²) in [5.41, 5.74) is 0.703. The van der Waals surface area contributed by atoms with Crippen LogP contribution < -0.4 is 0 Å². The van der Waals surface area contributed by atoms with Crippen molar-refractivity contribution in [3.8, 4) is 0 Å². The molecule has 0 aliphatic rings. The van der Waals surface area contributed by atoms with Crippen molar-refractivity contribution in [1.82, 2.24) is 9.78 Å². The second kappa shape index (κ2) is 6.35. The van der Waals surface area contributed by atoms with Crippen LogP contribution in [0.3, 0.4) is 0 Å². The van der Waals surface area contributed by atoms with E-state index < -0.39 is 0 Å². The van der Waals surface area contributed by atoms with E-state index in [1.54, 1.807) is 16.9 Å². The zero-order valence-corrected chi connectivity index (χ0v) is 9.40. The van der Waals surface area contributed by atoms with Gasteiger partial charge >= 0.3 is 0 Å². The van der Waals surface area contributed by atoms with E-state index in [0.29, 0.717) is 25.3 Å². The first-order valence-electron chi connectivity index (χ1n) is 5.42. The number of hydrogen-bond donors (Lipinski definition) is 0. The summed E-state index contributed by atoms with van der Waals surface area (Å²) in [7, 11) is 0. The lowest BCUT2D eigenvalue weighted by Gasteiger charge is -2.03. The first kappa shape index (κ1) is 11.9. The van der Waals surface area contributed by atoms with Gasteiger partial charge in [0.2, 0.25) is 0 Å². The predicted molar refractivity (Wildman–Crippen MR) is 58.0 cm³/mol. The van der Waals surface area contributed by atoms with Crippen molar-refractivity contribution in [3.63, 3.8) is 0 Å². The van der Waals surface area contributed by atoms with Crippen LogP contribution in [0.15, 0.2) is 12.3 Å². The molecule has 1 heterocycles. The molecule has 0 aliphatic carbocycles. The summed E-state index contributed by atoms with van der Waals surface area (Å²) in [5.74, 6) is 0.147. The molecule has 1 rings (SSSR count). The first-order chi connectivity index (χ1) is 7.29. The van der Waals surface area contributed by atoms with Gasteiger partial charge in [0.15, 0.2) is 5.78 Å². The van der Waals surface area contributed by atoms with Crippen LogP contribution >= 0.6 is 0 Å². The van der Waals surface area contributed by atoms with Gasteiger partial charge in [0.1, 0.15) is 5.69 Å². The zero-order valence-electron chi connectivity index (χ0n) is 9.40. The van der Waals surface area contributed by atoms with Crippen LogP contribution in [0.1, 0.15) is 37.2 Å². The molecule has 0 amide bonds. The number of aromatic nitrogens is 2. The second-order valence-electron chi connectivity index (χ2n) is 3.26. The molecular formula is C11H18N2O2. The largest absolute Gasteiger partial charge is 0.382 e. The van der Waals surface area contributed by atoms with Gasteiger partial charge in [-0.05, 0) is 26.3 Å². The third-order valence-corrected chi connectivity index (χ3v) is 2.20. The van der Waals surface area contributed by atoms with E-state index in [0.717, 1.165) is 13.0 Å². The van der Waals surface area contributed by atoms with Crippen LogP contribution in [0.2, 0.25) is 0 Å². The van der Waals surface area contributed by atoms with Crippen LogP contribution in [0.4, 0.5) is 0 Å². The fraction of sp³-hybridized carbons (Fsp3) is 0.636. The minimum atomic E-state index is 0.147. The third kappa shape index (κ3) is 3.47. The highest BCUT2D eigenvalue weighted by molar-refractivity contribution is 5.94. The zero-order chi connectivity index (χ0) is 11.1. The summed E-state index contributed by atoms with van der Waals surface area (Å²) in [4.78, 5) is 11.7. The molecular weight excluding hydrogens is 192 g/mol. The van der Waals surface area contributed by atoms with E-state index in [-0.39, 0.29) is 5.78 Å². The molecule has 0 saturated heterocycles. The normalized spacial score (nSPS) is 10.5. The van der Waals surface area contributed by atoms with Crippen LogP contribution in [-0.2, 0) is 11.3 Å². The molecule has 0 aliphatic heterocycles. The van der Waals surface area contributed by atoms with E-state index in [1.165, 1.54) is 0 Å². The molecule has 1 aromatic heterocycles. The molecule has 15 heavy (non-hydrogen) atoms. The lowest BCUT2D eigenvalue weighted by molar-refractivity contribution is 0.0937. The van der Waals surface area contributed by atoms with Gasteiger partial charge in [-0.3, -0.25) is 9.48 Å². The minimum Gasteiger partial charge on any atom is -0.382 e. The summed E-state index contributed by atoms with van der Waals surface area (Å²) < 4.78 is 6.91. The summed E-state index contributed by atoms with van der Waals surface area (Å²) in [5, 5.41) is 4.06. The van der Waals surface area contributed by atoms with Gasteiger partial charge in [0.05, 0.1) is 0 Å². The number of rotatable bonds is 7. The average molecular weight is 210 g/mol. The molecule has 0 saturated carbocycles. The van der Waals surface area contributed by atoms with Gasteiger partial charge in [0, 0.05) is 32.4 Å². The summed E-state index contributed by atoms with van der Waals surface area (Å²) >= 11 is 0. The SMILES string of the molecule is CCOCCCC(=O)c1ccnn1CC. The van der Waals surface area contributed by atoms with Crippen LogP contribution in [-0.4, -0.2) is 28.8 Å². The minimum absolute atomic E-state index is 0.147. The lowest BCUT2D eigenvalue weighted by Crippen LogP contribution is -2.10. The van der Waals surface area contributed by atoms with Crippen molar-refractivity contribution in [2.24, 2.45) is 0 Å². The number of carbonyl (C=O) groups is 1. The highest BCUT2D eigenvalue weighted by Crippen LogP contribution is 2.05. The number of hydrogen-bond acceptors (Lipinski definition) is 3. The molecule has 0 N–H and O–H groups in total. The molecule has 0 bridgehead atoms. The Morgan fingerprint density at radius 1 is 1.53 bits per heavy atom. The van der Waals surface area contributed by atoms with Gasteiger partial charge in [0.25, 0.3) is 0 Å². The fourth-order valence-electron chi connectivity index (χ4n) is 1.43. The summed E-state index contributed by atoms with van der Waals surface area (Å²) in [6.45, 7) is 6.03. The maximum absolute atomic E-state index is 11.7. The van der Waals surface area contributed by atoms with Crippen LogP contribution in [0.5, 0.6) is 0 Å².